The molecule has 0 aromatic carbocycles. The standard InChI is InChI=1S/C15H26N4/c1-12-11-13(7-9-18(12)2)17-15-16-8-10-19(15)14-5-3-4-6-14/h8,10,12-14H,3-7,9,11H2,1-2H3,(H,16,17). The third-order valence-corrected chi connectivity index (χ3v) is 4.93. The Morgan fingerprint density at radius 1 is 1.26 bits per heavy atom. The summed E-state index contributed by atoms with van der Waals surface area (Å²) in [6, 6.07) is 1.92. The van der Waals surface area contributed by atoms with Gasteiger partial charge in [-0.3, -0.25) is 0 Å². The maximum atomic E-state index is 4.54. The maximum absolute atomic E-state index is 4.54. The lowest BCUT2D eigenvalue weighted by Gasteiger charge is -2.35. The van der Waals surface area contributed by atoms with E-state index in [9.17, 15) is 0 Å². The third-order valence-electron chi connectivity index (χ3n) is 4.93. The van der Waals surface area contributed by atoms with Crippen molar-refractivity contribution < 1.29 is 0 Å². The van der Waals surface area contributed by atoms with Gasteiger partial charge in [0, 0.05) is 37.1 Å². The number of hydrogen-bond acceptors (Lipinski definition) is 3. The first kappa shape index (κ1) is 13.0. The number of aromatic nitrogens is 2. The summed E-state index contributed by atoms with van der Waals surface area (Å²) in [6.07, 6.45) is 11.9. The lowest BCUT2D eigenvalue weighted by molar-refractivity contribution is 0.189. The average Bonchev–Trinajstić information content (AvgIpc) is 3.04. The molecule has 4 heteroatoms. The second kappa shape index (κ2) is 5.53. The van der Waals surface area contributed by atoms with E-state index in [2.05, 4.69) is 39.9 Å². The Morgan fingerprint density at radius 2 is 2.05 bits per heavy atom. The van der Waals surface area contributed by atoms with Gasteiger partial charge in [-0.15, -0.1) is 0 Å². The Kier molecular flexibility index (Phi) is 3.78. The minimum atomic E-state index is 0.578. The lowest BCUT2D eigenvalue weighted by atomic mass is 9.99. The fourth-order valence-corrected chi connectivity index (χ4v) is 3.50. The highest BCUT2D eigenvalue weighted by molar-refractivity contribution is 5.29. The van der Waals surface area contributed by atoms with Crippen molar-refractivity contribution in [1.82, 2.24) is 14.5 Å². The minimum absolute atomic E-state index is 0.578. The van der Waals surface area contributed by atoms with Gasteiger partial charge in [0.15, 0.2) is 0 Å². The molecule has 4 nitrogen and oxygen atoms in total. The Balaban J connectivity index is 1.65. The van der Waals surface area contributed by atoms with E-state index < -0.39 is 0 Å². The first-order valence-electron chi connectivity index (χ1n) is 7.73. The number of piperidine rings is 1. The molecule has 1 N–H and O–H groups in total. The van der Waals surface area contributed by atoms with E-state index in [1.54, 1.807) is 0 Å². The van der Waals surface area contributed by atoms with Crippen molar-refractivity contribution >= 4 is 5.95 Å². The Hall–Kier alpha value is -1.03. The molecule has 19 heavy (non-hydrogen) atoms. The Morgan fingerprint density at radius 3 is 2.79 bits per heavy atom. The molecule has 2 heterocycles. The third kappa shape index (κ3) is 2.78. The van der Waals surface area contributed by atoms with Gasteiger partial charge in [0.25, 0.3) is 0 Å². The molecule has 1 aliphatic carbocycles. The van der Waals surface area contributed by atoms with Gasteiger partial charge in [0.05, 0.1) is 0 Å². The first-order valence-corrected chi connectivity index (χ1v) is 7.73. The van der Waals surface area contributed by atoms with Gasteiger partial charge in [-0.2, -0.15) is 0 Å². The summed E-state index contributed by atoms with van der Waals surface area (Å²) in [6.45, 7) is 3.50. The van der Waals surface area contributed by atoms with Crippen LogP contribution >= 0.6 is 0 Å². The predicted octanol–water partition coefficient (Wildman–Crippen LogP) is 2.89. The molecule has 2 atom stereocenters. The molecule has 0 amide bonds. The highest BCUT2D eigenvalue weighted by Gasteiger charge is 2.25. The zero-order valence-electron chi connectivity index (χ0n) is 12.2. The van der Waals surface area contributed by atoms with Gasteiger partial charge < -0.3 is 14.8 Å². The molecule has 1 aliphatic heterocycles. The quantitative estimate of drug-likeness (QED) is 0.909. The van der Waals surface area contributed by atoms with Gasteiger partial charge in [0.1, 0.15) is 0 Å². The van der Waals surface area contributed by atoms with E-state index in [-0.39, 0.29) is 0 Å². The lowest BCUT2D eigenvalue weighted by Crippen LogP contribution is -2.43. The summed E-state index contributed by atoms with van der Waals surface area (Å²) in [5.74, 6) is 1.09. The molecule has 2 aliphatic rings. The van der Waals surface area contributed by atoms with Gasteiger partial charge in [-0.1, -0.05) is 12.8 Å². The van der Waals surface area contributed by atoms with E-state index in [0.717, 1.165) is 5.95 Å². The van der Waals surface area contributed by atoms with E-state index in [1.807, 2.05) is 6.20 Å². The minimum Gasteiger partial charge on any atom is -0.353 e. The van der Waals surface area contributed by atoms with Crippen molar-refractivity contribution in [2.75, 3.05) is 18.9 Å². The van der Waals surface area contributed by atoms with Crippen LogP contribution in [-0.4, -0.2) is 40.1 Å². The van der Waals surface area contributed by atoms with Gasteiger partial charge >= 0.3 is 0 Å². The molecule has 1 saturated heterocycles. The van der Waals surface area contributed by atoms with Crippen molar-refractivity contribution in [3.63, 3.8) is 0 Å². The molecule has 1 saturated carbocycles. The summed E-state index contributed by atoms with van der Waals surface area (Å²) in [4.78, 5) is 6.98. The number of imidazole rings is 1. The molecule has 2 unspecified atom stereocenters. The van der Waals surface area contributed by atoms with Crippen LogP contribution in [0.15, 0.2) is 12.4 Å². The highest BCUT2D eigenvalue weighted by atomic mass is 15.2. The molecule has 0 spiro atoms. The number of nitrogens with one attached hydrogen (secondary N) is 1. The monoisotopic (exact) mass is 262 g/mol. The van der Waals surface area contributed by atoms with Gasteiger partial charge in [-0.25, -0.2) is 4.98 Å². The van der Waals surface area contributed by atoms with E-state index in [1.165, 1.54) is 45.1 Å². The van der Waals surface area contributed by atoms with Crippen LogP contribution < -0.4 is 5.32 Å². The van der Waals surface area contributed by atoms with Crippen LogP contribution in [0.1, 0.15) is 51.5 Å². The topological polar surface area (TPSA) is 33.1 Å². The van der Waals surface area contributed by atoms with Crippen molar-refractivity contribution in [3.05, 3.63) is 12.4 Å². The van der Waals surface area contributed by atoms with Crippen molar-refractivity contribution in [1.29, 1.82) is 0 Å². The smallest absolute Gasteiger partial charge is 0.203 e. The number of hydrogen-bond donors (Lipinski definition) is 1. The van der Waals surface area contributed by atoms with Gasteiger partial charge in [-0.05, 0) is 39.7 Å². The molecule has 0 radical (unpaired) electrons. The predicted molar refractivity (Wildman–Crippen MR) is 78.5 cm³/mol. The fourth-order valence-electron chi connectivity index (χ4n) is 3.50. The number of likely N-dealkylation sites (tertiary alicyclic amines) is 1. The normalized spacial score (nSPS) is 29.8. The van der Waals surface area contributed by atoms with E-state index >= 15 is 0 Å². The number of nitrogens with zero attached hydrogens (tertiary/aromatic N) is 3. The second-order valence-electron chi connectivity index (χ2n) is 6.29. The molecular weight excluding hydrogens is 236 g/mol. The van der Waals surface area contributed by atoms with Crippen LogP contribution in [0, 0.1) is 0 Å². The molecule has 1 aromatic rings. The van der Waals surface area contributed by atoms with Crippen LogP contribution in [0.2, 0.25) is 0 Å². The van der Waals surface area contributed by atoms with Crippen LogP contribution in [0.5, 0.6) is 0 Å². The molecular formula is C15H26N4. The van der Waals surface area contributed by atoms with Crippen LogP contribution in [-0.2, 0) is 0 Å². The molecule has 106 valence electrons. The van der Waals surface area contributed by atoms with Crippen LogP contribution in [0.25, 0.3) is 0 Å². The van der Waals surface area contributed by atoms with Crippen LogP contribution in [0.4, 0.5) is 5.95 Å². The average molecular weight is 262 g/mol. The fraction of sp³-hybridized carbons (Fsp3) is 0.800. The zero-order chi connectivity index (χ0) is 13.2. The Labute approximate surface area is 116 Å². The summed E-state index contributed by atoms with van der Waals surface area (Å²) < 4.78 is 2.37. The van der Waals surface area contributed by atoms with Crippen LogP contribution in [0.3, 0.4) is 0 Å². The van der Waals surface area contributed by atoms with Crippen molar-refractivity contribution in [2.24, 2.45) is 0 Å². The largest absolute Gasteiger partial charge is 0.353 e. The Bertz CT molecular complexity index is 408. The summed E-state index contributed by atoms with van der Waals surface area (Å²) >= 11 is 0. The second-order valence-corrected chi connectivity index (χ2v) is 6.29. The highest BCUT2D eigenvalue weighted by Crippen LogP contribution is 2.32. The molecule has 2 fully saturated rings. The number of anilines is 1. The summed E-state index contributed by atoms with van der Waals surface area (Å²) in [5.41, 5.74) is 0. The molecule has 3 rings (SSSR count). The van der Waals surface area contributed by atoms with Crippen molar-refractivity contribution in [3.8, 4) is 0 Å². The summed E-state index contributed by atoms with van der Waals surface area (Å²) in [7, 11) is 2.22. The maximum Gasteiger partial charge on any atom is 0.203 e. The molecule has 0 bridgehead atoms. The molecule has 1 aromatic heterocycles. The van der Waals surface area contributed by atoms with E-state index in [0.29, 0.717) is 18.1 Å². The number of rotatable bonds is 3. The van der Waals surface area contributed by atoms with Gasteiger partial charge in [0.2, 0.25) is 5.95 Å². The summed E-state index contributed by atoms with van der Waals surface area (Å²) in [5, 5.41) is 3.68. The van der Waals surface area contributed by atoms with Crippen molar-refractivity contribution in [2.45, 2.75) is 63.6 Å². The SMILES string of the molecule is CC1CC(Nc2nccn2C2CCCC2)CCN1C. The first-order chi connectivity index (χ1) is 9.24. The zero-order valence-corrected chi connectivity index (χ0v) is 12.2. The van der Waals surface area contributed by atoms with E-state index in [4.69, 9.17) is 0 Å².